The van der Waals surface area contributed by atoms with Crippen LogP contribution in [0, 0.1) is 12.8 Å². The third-order valence-corrected chi connectivity index (χ3v) is 9.11. The molecule has 0 amide bonds. The van der Waals surface area contributed by atoms with Gasteiger partial charge in [0.25, 0.3) is 0 Å². The normalized spacial score (nSPS) is 23.5. The number of hydrogen-bond donors (Lipinski definition) is 1. The average Bonchev–Trinajstić information content (AvgIpc) is 3.50. The second-order valence-corrected chi connectivity index (χ2v) is 11.6. The lowest BCUT2D eigenvalue weighted by Gasteiger charge is -2.37. The molecule has 4 heterocycles. The number of anilines is 1. The summed E-state index contributed by atoms with van der Waals surface area (Å²) in [5, 5.41) is 12.6. The molecule has 2 aromatic carbocycles. The Morgan fingerprint density at radius 1 is 1.13 bits per heavy atom. The fourth-order valence-electron chi connectivity index (χ4n) is 6.19. The monoisotopic (exact) mass is 533 g/mol. The van der Waals surface area contributed by atoms with Crippen molar-refractivity contribution in [1.29, 1.82) is 0 Å². The van der Waals surface area contributed by atoms with Crippen LogP contribution in [0.1, 0.15) is 42.4 Å². The van der Waals surface area contributed by atoms with Crippen LogP contribution >= 0.6 is 11.3 Å². The molecule has 3 aromatic rings. The van der Waals surface area contributed by atoms with Gasteiger partial charge in [0, 0.05) is 42.7 Å². The van der Waals surface area contributed by atoms with E-state index < -0.39 is 5.97 Å². The van der Waals surface area contributed by atoms with Crippen molar-refractivity contribution in [3.8, 4) is 17.0 Å². The van der Waals surface area contributed by atoms with Crippen LogP contribution in [0.5, 0.6) is 5.75 Å². The molecule has 3 aliphatic rings. The van der Waals surface area contributed by atoms with Gasteiger partial charge in [0.1, 0.15) is 12.4 Å². The summed E-state index contributed by atoms with van der Waals surface area (Å²) in [7, 11) is 0. The number of nitrogens with zero attached hydrogens (tertiary/aromatic N) is 3. The van der Waals surface area contributed by atoms with Crippen LogP contribution in [0.25, 0.3) is 11.3 Å². The zero-order chi connectivity index (χ0) is 26.1. The maximum atomic E-state index is 11.6. The Balaban J connectivity index is 1.14. The van der Waals surface area contributed by atoms with Crippen molar-refractivity contribution in [3.05, 3.63) is 64.5 Å². The Labute approximate surface area is 228 Å². The first-order valence-electron chi connectivity index (χ1n) is 13.6. The van der Waals surface area contributed by atoms with Gasteiger partial charge >= 0.3 is 5.97 Å². The van der Waals surface area contributed by atoms with Crippen LogP contribution in [0.2, 0.25) is 0 Å². The van der Waals surface area contributed by atoms with Gasteiger partial charge < -0.3 is 19.5 Å². The van der Waals surface area contributed by atoms with Crippen molar-refractivity contribution in [2.24, 2.45) is 5.92 Å². The molecule has 0 saturated carbocycles. The van der Waals surface area contributed by atoms with Gasteiger partial charge in [-0.25, -0.2) is 4.98 Å². The summed E-state index contributed by atoms with van der Waals surface area (Å²) in [4.78, 5) is 21.4. The van der Waals surface area contributed by atoms with E-state index in [1.807, 2.05) is 18.2 Å². The van der Waals surface area contributed by atoms with Crippen molar-refractivity contribution < 1.29 is 19.4 Å². The highest BCUT2D eigenvalue weighted by atomic mass is 32.1. The number of aliphatic carboxylic acids is 1. The first-order chi connectivity index (χ1) is 18.5. The van der Waals surface area contributed by atoms with Gasteiger partial charge in [0.15, 0.2) is 5.13 Å². The summed E-state index contributed by atoms with van der Waals surface area (Å²) in [6.45, 7) is 7.22. The highest BCUT2D eigenvalue weighted by Gasteiger charge is 2.44. The molecule has 0 aliphatic carbocycles. The number of hydrogen-bond acceptors (Lipinski definition) is 7. The number of benzene rings is 2. The SMILES string of the molecule is Cc1cc(CN2CCOCC2)ccc1COc1ccccc1-c1csc(N2C3CCC2CC(C(=O)O)C3)n1. The van der Waals surface area contributed by atoms with E-state index in [4.69, 9.17) is 14.5 Å². The summed E-state index contributed by atoms with van der Waals surface area (Å²) in [5.41, 5.74) is 5.65. The molecule has 0 radical (unpaired) electrons. The Morgan fingerprint density at radius 2 is 1.89 bits per heavy atom. The number of para-hydroxylation sites is 1. The van der Waals surface area contributed by atoms with E-state index in [-0.39, 0.29) is 18.0 Å². The number of ether oxygens (including phenoxy) is 2. The topological polar surface area (TPSA) is 75.1 Å². The molecule has 200 valence electrons. The number of rotatable bonds is 8. The first kappa shape index (κ1) is 25.3. The summed E-state index contributed by atoms with van der Waals surface area (Å²) in [6, 6.07) is 15.3. The average molecular weight is 534 g/mol. The summed E-state index contributed by atoms with van der Waals surface area (Å²) in [6.07, 6.45) is 3.53. The number of fused-ring (bicyclic) bond motifs is 2. The van der Waals surface area contributed by atoms with Gasteiger partial charge in [0.05, 0.1) is 24.8 Å². The smallest absolute Gasteiger partial charge is 0.306 e. The van der Waals surface area contributed by atoms with Crippen LogP contribution in [0.15, 0.2) is 47.8 Å². The number of aromatic nitrogens is 1. The Kier molecular flexibility index (Phi) is 7.37. The molecule has 1 aromatic heterocycles. The number of piperidine rings is 1. The molecular formula is C30H35N3O4S. The minimum absolute atomic E-state index is 0.228. The van der Waals surface area contributed by atoms with Gasteiger partial charge in [-0.2, -0.15) is 0 Å². The van der Waals surface area contributed by atoms with Gasteiger partial charge in [-0.15, -0.1) is 11.3 Å². The number of aryl methyl sites for hydroxylation is 1. The third kappa shape index (κ3) is 5.30. The lowest BCUT2D eigenvalue weighted by Crippen LogP contribution is -2.44. The highest BCUT2D eigenvalue weighted by molar-refractivity contribution is 7.14. The van der Waals surface area contributed by atoms with Crippen LogP contribution < -0.4 is 9.64 Å². The van der Waals surface area contributed by atoms with E-state index in [0.29, 0.717) is 19.4 Å². The number of morpholine rings is 1. The predicted octanol–water partition coefficient (Wildman–Crippen LogP) is 5.36. The second kappa shape index (κ2) is 11.0. The third-order valence-electron chi connectivity index (χ3n) is 8.26. The lowest BCUT2D eigenvalue weighted by molar-refractivity contribution is -0.142. The number of carbonyl (C=O) groups is 1. The Bertz CT molecular complexity index is 1270. The van der Waals surface area contributed by atoms with E-state index in [2.05, 4.69) is 46.4 Å². The standard InChI is InChI=1S/C30H35N3O4S/c1-20-14-21(17-32-10-12-36-13-11-32)6-7-22(20)18-37-28-5-3-2-4-26(28)27-19-38-30(31-27)33-24-8-9-25(33)16-23(15-24)29(34)35/h2-7,14,19,23-25H,8-13,15-18H2,1H3,(H,34,35). The van der Waals surface area contributed by atoms with E-state index in [1.54, 1.807) is 11.3 Å². The molecule has 2 atom stereocenters. The lowest BCUT2D eigenvalue weighted by atomic mass is 9.91. The minimum Gasteiger partial charge on any atom is -0.488 e. The molecule has 2 unspecified atom stereocenters. The zero-order valence-electron chi connectivity index (χ0n) is 21.8. The largest absolute Gasteiger partial charge is 0.488 e. The molecule has 0 spiro atoms. The minimum atomic E-state index is -0.658. The number of carboxylic acids is 1. The molecule has 2 bridgehead atoms. The van der Waals surface area contributed by atoms with Gasteiger partial charge in [0.2, 0.25) is 0 Å². The van der Waals surface area contributed by atoms with Crippen molar-refractivity contribution in [2.75, 3.05) is 31.2 Å². The number of thiazole rings is 1. The molecule has 3 saturated heterocycles. The van der Waals surface area contributed by atoms with Gasteiger partial charge in [-0.05, 0) is 61.4 Å². The Morgan fingerprint density at radius 3 is 2.63 bits per heavy atom. The molecule has 3 fully saturated rings. The molecule has 8 heteroatoms. The van der Waals surface area contributed by atoms with E-state index >= 15 is 0 Å². The quantitative estimate of drug-likeness (QED) is 0.418. The maximum Gasteiger partial charge on any atom is 0.306 e. The van der Waals surface area contributed by atoms with Crippen molar-refractivity contribution in [1.82, 2.24) is 9.88 Å². The second-order valence-electron chi connectivity index (χ2n) is 10.7. The summed E-state index contributed by atoms with van der Waals surface area (Å²) in [5.74, 6) is -0.0580. The predicted molar refractivity (Wildman–Crippen MR) is 149 cm³/mol. The molecule has 38 heavy (non-hydrogen) atoms. The molecular weight excluding hydrogens is 498 g/mol. The van der Waals surface area contributed by atoms with Gasteiger partial charge in [-0.3, -0.25) is 9.69 Å². The zero-order valence-corrected chi connectivity index (χ0v) is 22.7. The first-order valence-corrected chi connectivity index (χ1v) is 14.5. The van der Waals surface area contributed by atoms with Crippen LogP contribution in [-0.2, 0) is 22.7 Å². The van der Waals surface area contributed by atoms with E-state index in [1.165, 1.54) is 16.7 Å². The van der Waals surface area contributed by atoms with Crippen LogP contribution in [0.3, 0.4) is 0 Å². The molecule has 7 nitrogen and oxygen atoms in total. The van der Waals surface area contributed by atoms with Crippen LogP contribution in [0.4, 0.5) is 5.13 Å². The maximum absolute atomic E-state index is 11.6. The van der Waals surface area contributed by atoms with Crippen molar-refractivity contribution in [2.45, 2.75) is 57.8 Å². The fourth-order valence-corrected chi connectivity index (χ4v) is 7.16. The fraction of sp³-hybridized carbons (Fsp3) is 0.467. The molecule has 1 N–H and O–H groups in total. The van der Waals surface area contributed by atoms with E-state index in [0.717, 1.165) is 67.8 Å². The summed E-state index contributed by atoms with van der Waals surface area (Å²) >= 11 is 1.65. The number of carboxylic acid groups (broad SMARTS) is 1. The Hall–Kier alpha value is -2.94. The molecule has 6 rings (SSSR count). The highest BCUT2D eigenvalue weighted by Crippen LogP contribution is 2.44. The van der Waals surface area contributed by atoms with Crippen LogP contribution in [-0.4, -0.2) is 59.3 Å². The van der Waals surface area contributed by atoms with Crippen molar-refractivity contribution in [3.63, 3.8) is 0 Å². The van der Waals surface area contributed by atoms with Gasteiger partial charge in [-0.1, -0.05) is 30.3 Å². The summed E-state index contributed by atoms with van der Waals surface area (Å²) < 4.78 is 11.8. The molecule has 3 aliphatic heterocycles. The van der Waals surface area contributed by atoms with E-state index in [9.17, 15) is 9.90 Å². The van der Waals surface area contributed by atoms with Crippen molar-refractivity contribution >= 4 is 22.4 Å².